The van der Waals surface area contributed by atoms with E-state index >= 15 is 0 Å². The van der Waals surface area contributed by atoms with Gasteiger partial charge in [-0.2, -0.15) is 0 Å². The van der Waals surface area contributed by atoms with Crippen molar-refractivity contribution in [1.29, 1.82) is 0 Å². The highest BCUT2D eigenvalue weighted by Gasteiger charge is 2.14. The molecule has 0 bridgehead atoms. The number of ether oxygens (including phenoxy) is 1. The molecular weight excluding hydrogens is 318 g/mol. The van der Waals surface area contributed by atoms with Crippen LogP contribution in [0.1, 0.15) is 46.8 Å². The summed E-state index contributed by atoms with van der Waals surface area (Å²) in [5.41, 5.74) is 1.29. The van der Waals surface area contributed by atoms with Crippen molar-refractivity contribution in [3.63, 3.8) is 0 Å². The Morgan fingerprint density at radius 2 is 1.76 bits per heavy atom. The highest BCUT2D eigenvalue weighted by molar-refractivity contribution is 5.96. The second-order valence-corrected chi connectivity index (χ2v) is 5.69. The molecule has 1 heterocycles. The van der Waals surface area contributed by atoms with Crippen LogP contribution >= 0.6 is 0 Å². The van der Waals surface area contributed by atoms with Crippen LogP contribution in [-0.2, 0) is 6.54 Å². The smallest absolute Gasteiger partial charge is 0.270 e. The molecule has 6 heteroatoms. The maximum atomic E-state index is 12.3. The summed E-state index contributed by atoms with van der Waals surface area (Å²) in [5, 5.41) is 5.63. The van der Waals surface area contributed by atoms with Crippen LogP contribution in [0, 0.1) is 0 Å². The predicted octanol–water partition coefficient (Wildman–Crippen LogP) is 2.55. The predicted molar refractivity (Wildman–Crippen MR) is 95.6 cm³/mol. The molecule has 2 rings (SSSR count). The number of hydrogen-bond donors (Lipinski definition) is 2. The van der Waals surface area contributed by atoms with Crippen molar-refractivity contribution in [2.24, 2.45) is 0 Å². The molecule has 2 N–H and O–H groups in total. The minimum absolute atomic E-state index is 0.0531. The summed E-state index contributed by atoms with van der Waals surface area (Å²) in [4.78, 5) is 28.6. The van der Waals surface area contributed by atoms with Crippen LogP contribution in [0.5, 0.6) is 5.75 Å². The van der Waals surface area contributed by atoms with Gasteiger partial charge in [-0.25, -0.2) is 4.98 Å². The molecule has 2 amide bonds. The van der Waals surface area contributed by atoms with Crippen LogP contribution in [0.4, 0.5) is 0 Å². The van der Waals surface area contributed by atoms with Gasteiger partial charge in [0.05, 0.1) is 7.11 Å². The second-order valence-electron chi connectivity index (χ2n) is 5.69. The van der Waals surface area contributed by atoms with Crippen molar-refractivity contribution in [2.45, 2.75) is 32.9 Å². The van der Waals surface area contributed by atoms with Crippen molar-refractivity contribution in [3.05, 3.63) is 59.4 Å². The summed E-state index contributed by atoms with van der Waals surface area (Å²) in [7, 11) is 1.58. The van der Waals surface area contributed by atoms with E-state index in [1.165, 1.54) is 0 Å². The van der Waals surface area contributed by atoms with Gasteiger partial charge in [0, 0.05) is 18.2 Å². The van der Waals surface area contributed by atoms with E-state index in [0.717, 1.165) is 12.0 Å². The third-order valence-corrected chi connectivity index (χ3v) is 3.84. The van der Waals surface area contributed by atoms with Crippen molar-refractivity contribution in [2.75, 3.05) is 7.11 Å². The molecule has 1 unspecified atom stereocenters. The lowest BCUT2D eigenvalue weighted by Crippen LogP contribution is -2.33. The number of aromatic nitrogens is 1. The van der Waals surface area contributed by atoms with E-state index in [1.807, 2.05) is 38.1 Å². The van der Waals surface area contributed by atoms with Gasteiger partial charge < -0.3 is 15.4 Å². The zero-order chi connectivity index (χ0) is 18.2. The van der Waals surface area contributed by atoms with Crippen molar-refractivity contribution in [3.8, 4) is 5.75 Å². The Kier molecular flexibility index (Phi) is 6.51. The van der Waals surface area contributed by atoms with Gasteiger partial charge in [-0.1, -0.05) is 31.2 Å². The first-order valence-corrected chi connectivity index (χ1v) is 8.23. The standard InChI is InChI=1S/C19H23N3O3/c1-4-13(2)21-19(24)16-10-7-9-15(22-16)18(23)20-12-14-8-5-6-11-17(14)25-3/h5-11,13H,4,12H2,1-3H3,(H,20,23)(H,21,24). The maximum Gasteiger partial charge on any atom is 0.270 e. The summed E-state index contributed by atoms with van der Waals surface area (Å²) >= 11 is 0. The molecule has 0 spiro atoms. The minimum atomic E-state index is -0.343. The number of nitrogens with one attached hydrogen (secondary N) is 2. The quantitative estimate of drug-likeness (QED) is 0.811. The van der Waals surface area contributed by atoms with Crippen LogP contribution in [-0.4, -0.2) is 29.9 Å². The van der Waals surface area contributed by atoms with Crippen LogP contribution in [0.3, 0.4) is 0 Å². The summed E-state index contributed by atoms with van der Waals surface area (Å²) < 4.78 is 5.26. The third kappa shape index (κ3) is 5.04. The van der Waals surface area contributed by atoms with Gasteiger partial charge in [-0.3, -0.25) is 9.59 Å². The molecule has 25 heavy (non-hydrogen) atoms. The van der Waals surface area contributed by atoms with E-state index in [4.69, 9.17) is 4.74 Å². The highest BCUT2D eigenvalue weighted by atomic mass is 16.5. The molecule has 0 saturated carbocycles. The van der Waals surface area contributed by atoms with E-state index in [1.54, 1.807) is 25.3 Å². The number of carbonyl (C=O) groups excluding carboxylic acids is 2. The number of methoxy groups -OCH3 is 1. The van der Waals surface area contributed by atoms with Gasteiger partial charge in [0.25, 0.3) is 11.8 Å². The number of hydrogen-bond acceptors (Lipinski definition) is 4. The van der Waals surface area contributed by atoms with Crippen LogP contribution in [0.25, 0.3) is 0 Å². The topological polar surface area (TPSA) is 80.3 Å². The molecule has 6 nitrogen and oxygen atoms in total. The first-order chi connectivity index (χ1) is 12.0. The number of pyridine rings is 1. The van der Waals surface area contributed by atoms with Gasteiger partial charge in [0.1, 0.15) is 17.1 Å². The lowest BCUT2D eigenvalue weighted by Gasteiger charge is -2.12. The van der Waals surface area contributed by atoms with Crippen molar-refractivity contribution < 1.29 is 14.3 Å². The lowest BCUT2D eigenvalue weighted by atomic mass is 10.2. The molecule has 1 aromatic heterocycles. The highest BCUT2D eigenvalue weighted by Crippen LogP contribution is 2.16. The molecule has 0 radical (unpaired) electrons. The van der Waals surface area contributed by atoms with Gasteiger partial charge >= 0.3 is 0 Å². The number of nitrogens with zero attached hydrogens (tertiary/aromatic N) is 1. The zero-order valence-corrected chi connectivity index (χ0v) is 14.7. The van der Waals surface area contributed by atoms with E-state index in [-0.39, 0.29) is 29.2 Å². The fourth-order valence-electron chi connectivity index (χ4n) is 2.20. The number of amides is 2. The molecule has 132 valence electrons. The Labute approximate surface area is 147 Å². The Balaban J connectivity index is 2.04. The molecular formula is C19H23N3O3. The number of benzene rings is 1. The number of para-hydroxylation sites is 1. The minimum Gasteiger partial charge on any atom is -0.496 e. The second kappa shape index (κ2) is 8.82. The van der Waals surface area contributed by atoms with Crippen molar-refractivity contribution in [1.82, 2.24) is 15.6 Å². The summed E-state index contributed by atoms with van der Waals surface area (Å²) in [6.07, 6.45) is 0.824. The Hall–Kier alpha value is -2.89. The first-order valence-electron chi connectivity index (χ1n) is 8.23. The van der Waals surface area contributed by atoms with E-state index in [9.17, 15) is 9.59 Å². The zero-order valence-electron chi connectivity index (χ0n) is 14.7. The molecule has 0 aliphatic heterocycles. The van der Waals surface area contributed by atoms with Gasteiger partial charge in [0.2, 0.25) is 0 Å². The molecule has 0 fully saturated rings. The molecule has 1 atom stereocenters. The average molecular weight is 341 g/mol. The van der Waals surface area contributed by atoms with Crippen LogP contribution in [0.15, 0.2) is 42.5 Å². The molecule has 0 saturated heterocycles. The first kappa shape index (κ1) is 18.4. The Morgan fingerprint density at radius 1 is 1.08 bits per heavy atom. The summed E-state index contributed by atoms with van der Waals surface area (Å²) in [6, 6.07) is 12.3. The largest absolute Gasteiger partial charge is 0.496 e. The third-order valence-electron chi connectivity index (χ3n) is 3.84. The molecule has 2 aromatic rings. The monoisotopic (exact) mass is 341 g/mol. The molecule has 0 aliphatic carbocycles. The van der Waals surface area contributed by atoms with Gasteiger partial charge in [-0.15, -0.1) is 0 Å². The molecule has 1 aromatic carbocycles. The van der Waals surface area contributed by atoms with E-state index < -0.39 is 0 Å². The molecule has 0 aliphatic rings. The van der Waals surface area contributed by atoms with Gasteiger partial charge in [-0.05, 0) is 31.5 Å². The normalized spacial score (nSPS) is 11.5. The Bertz CT molecular complexity index is 746. The fraction of sp³-hybridized carbons (Fsp3) is 0.316. The van der Waals surface area contributed by atoms with Crippen LogP contribution in [0.2, 0.25) is 0 Å². The summed E-state index contributed by atoms with van der Waals surface area (Å²) in [6.45, 7) is 4.22. The van der Waals surface area contributed by atoms with Crippen LogP contribution < -0.4 is 15.4 Å². The summed E-state index contributed by atoms with van der Waals surface area (Å²) in [5.74, 6) is 0.0789. The lowest BCUT2D eigenvalue weighted by molar-refractivity contribution is 0.0933. The SMILES string of the molecule is CCC(C)NC(=O)c1cccc(C(=O)NCc2ccccc2OC)n1. The fourth-order valence-corrected chi connectivity index (χ4v) is 2.20. The van der Waals surface area contributed by atoms with E-state index in [0.29, 0.717) is 12.3 Å². The van der Waals surface area contributed by atoms with Crippen molar-refractivity contribution >= 4 is 11.8 Å². The Morgan fingerprint density at radius 3 is 2.44 bits per heavy atom. The number of rotatable bonds is 7. The average Bonchev–Trinajstić information content (AvgIpc) is 2.66. The van der Waals surface area contributed by atoms with Gasteiger partial charge in [0.15, 0.2) is 0 Å². The number of carbonyl (C=O) groups is 2. The maximum absolute atomic E-state index is 12.3. The van der Waals surface area contributed by atoms with E-state index in [2.05, 4.69) is 15.6 Å².